The molecule has 1 aromatic heterocycles. The molecule has 0 saturated carbocycles. The summed E-state index contributed by atoms with van der Waals surface area (Å²) < 4.78 is 0. The van der Waals surface area contributed by atoms with Crippen molar-refractivity contribution < 1.29 is 4.79 Å². The van der Waals surface area contributed by atoms with E-state index in [4.69, 9.17) is 34.8 Å². The number of aryl methyl sites for hydroxylation is 2. The summed E-state index contributed by atoms with van der Waals surface area (Å²) in [5, 5.41) is 6.48. The van der Waals surface area contributed by atoms with Gasteiger partial charge in [-0.1, -0.05) is 40.9 Å². The van der Waals surface area contributed by atoms with E-state index >= 15 is 0 Å². The highest BCUT2D eigenvalue weighted by molar-refractivity contribution is 6.46. The van der Waals surface area contributed by atoms with E-state index in [0.717, 1.165) is 17.1 Å². The topological polar surface area (TPSA) is 66.9 Å². The average Bonchev–Trinajstić information content (AvgIpc) is 2.58. The first kappa shape index (κ1) is 19.4. The fraction of sp³-hybridized carbons (Fsp3) is 0.105. The lowest BCUT2D eigenvalue weighted by atomic mass is 10.2. The molecule has 3 aromatic rings. The molecule has 1 heterocycles. The second-order valence-electron chi connectivity index (χ2n) is 5.85. The van der Waals surface area contributed by atoms with Gasteiger partial charge in [0.15, 0.2) is 0 Å². The minimum atomic E-state index is -0.452. The number of rotatable bonds is 4. The number of aromatic nitrogens is 2. The standard InChI is InChI=1S/C19H15Cl3N4O/c1-10-8-11(2)24-19(23-10)26-13-5-3-4-12(9-13)25-18(27)16-14(20)6-7-15(21)17(16)22/h3-9H,1-2H3,(H,25,27)(H,23,24,26). The predicted molar refractivity (Wildman–Crippen MR) is 111 cm³/mol. The van der Waals surface area contributed by atoms with Gasteiger partial charge in [-0.15, -0.1) is 0 Å². The lowest BCUT2D eigenvalue weighted by Gasteiger charge is -2.11. The van der Waals surface area contributed by atoms with Crippen LogP contribution < -0.4 is 10.6 Å². The second kappa shape index (κ2) is 8.13. The summed E-state index contributed by atoms with van der Waals surface area (Å²) in [5.74, 6) is 0.0317. The molecule has 0 aliphatic heterocycles. The number of nitrogens with zero attached hydrogens (tertiary/aromatic N) is 2. The molecular weight excluding hydrogens is 407 g/mol. The highest BCUT2D eigenvalue weighted by Crippen LogP contribution is 2.32. The van der Waals surface area contributed by atoms with Crippen LogP contribution in [0.2, 0.25) is 15.1 Å². The van der Waals surface area contributed by atoms with Crippen molar-refractivity contribution in [1.82, 2.24) is 9.97 Å². The maximum Gasteiger partial charge on any atom is 0.258 e. The Labute approximate surface area is 171 Å². The van der Waals surface area contributed by atoms with Crippen LogP contribution in [-0.4, -0.2) is 15.9 Å². The molecule has 5 nitrogen and oxygen atoms in total. The third kappa shape index (κ3) is 4.69. The normalized spacial score (nSPS) is 10.6. The summed E-state index contributed by atoms with van der Waals surface area (Å²) >= 11 is 18.2. The zero-order valence-electron chi connectivity index (χ0n) is 14.5. The van der Waals surface area contributed by atoms with E-state index in [1.165, 1.54) is 12.1 Å². The molecule has 2 N–H and O–H groups in total. The van der Waals surface area contributed by atoms with E-state index in [-0.39, 0.29) is 20.6 Å². The van der Waals surface area contributed by atoms with Gasteiger partial charge in [0, 0.05) is 22.8 Å². The van der Waals surface area contributed by atoms with Crippen molar-refractivity contribution in [3.8, 4) is 0 Å². The van der Waals surface area contributed by atoms with Gasteiger partial charge in [-0.25, -0.2) is 9.97 Å². The van der Waals surface area contributed by atoms with Crippen LogP contribution in [0.15, 0.2) is 42.5 Å². The molecule has 0 spiro atoms. The SMILES string of the molecule is Cc1cc(C)nc(Nc2cccc(NC(=O)c3c(Cl)ccc(Cl)c3Cl)c2)n1. The van der Waals surface area contributed by atoms with Gasteiger partial charge in [-0.2, -0.15) is 0 Å². The number of anilines is 3. The number of hydrogen-bond donors (Lipinski definition) is 2. The van der Waals surface area contributed by atoms with Crippen LogP contribution >= 0.6 is 34.8 Å². The molecule has 138 valence electrons. The second-order valence-corrected chi connectivity index (χ2v) is 7.04. The van der Waals surface area contributed by atoms with E-state index in [1.807, 2.05) is 26.0 Å². The third-order valence-corrected chi connectivity index (χ3v) is 4.75. The van der Waals surface area contributed by atoms with E-state index in [2.05, 4.69) is 20.6 Å². The van der Waals surface area contributed by atoms with Gasteiger partial charge in [0.25, 0.3) is 5.91 Å². The van der Waals surface area contributed by atoms with E-state index in [0.29, 0.717) is 11.6 Å². The smallest absolute Gasteiger partial charge is 0.258 e. The van der Waals surface area contributed by atoms with Crippen molar-refractivity contribution in [3.05, 3.63) is 74.5 Å². The van der Waals surface area contributed by atoms with Crippen molar-refractivity contribution in [3.63, 3.8) is 0 Å². The maximum atomic E-state index is 12.6. The fourth-order valence-electron chi connectivity index (χ4n) is 2.51. The Morgan fingerprint density at radius 1 is 0.889 bits per heavy atom. The predicted octanol–water partition coefficient (Wildman–Crippen LogP) is 6.05. The van der Waals surface area contributed by atoms with Crippen molar-refractivity contribution in [2.45, 2.75) is 13.8 Å². The number of carbonyl (C=O) groups excluding carboxylic acids is 1. The van der Waals surface area contributed by atoms with Gasteiger partial charge < -0.3 is 10.6 Å². The Kier molecular flexibility index (Phi) is 5.85. The summed E-state index contributed by atoms with van der Waals surface area (Å²) in [6.45, 7) is 3.80. The van der Waals surface area contributed by atoms with Crippen molar-refractivity contribution in [2.24, 2.45) is 0 Å². The summed E-state index contributed by atoms with van der Waals surface area (Å²) in [7, 11) is 0. The minimum absolute atomic E-state index is 0.111. The molecule has 0 saturated heterocycles. The van der Waals surface area contributed by atoms with Gasteiger partial charge in [0.05, 0.1) is 20.6 Å². The zero-order valence-corrected chi connectivity index (χ0v) is 16.7. The highest BCUT2D eigenvalue weighted by atomic mass is 35.5. The van der Waals surface area contributed by atoms with Crippen molar-refractivity contribution in [1.29, 1.82) is 0 Å². The summed E-state index contributed by atoms with van der Waals surface area (Å²) in [6.07, 6.45) is 0. The Morgan fingerprint density at radius 2 is 1.52 bits per heavy atom. The van der Waals surface area contributed by atoms with Crippen LogP contribution in [0.3, 0.4) is 0 Å². The van der Waals surface area contributed by atoms with Gasteiger partial charge in [0.1, 0.15) is 0 Å². The molecule has 0 unspecified atom stereocenters. The Hall–Kier alpha value is -2.34. The first-order valence-corrected chi connectivity index (χ1v) is 9.11. The molecule has 1 amide bonds. The van der Waals surface area contributed by atoms with Gasteiger partial charge >= 0.3 is 0 Å². The molecule has 8 heteroatoms. The number of halogens is 3. The van der Waals surface area contributed by atoms with Crippen LogP contribution in [0.4, 0.5) is 17.3 Å². The van der Waals surface area contributed by atoms with Crippen LogP contribution in [0.25, 0.3) is 0 Å². The minimum Gasteiger partial charge on any atom is -0.324 e. The third-order valence-electron chi connectivity index (χ3n) is 3.63. The van der Waals surface area contributed by atoms with Gasteiger partial charge in [0.2, 0.25) is 5.95 Å². The molecule has 0 atom stereocenters. The van der Waals surface area contributed by atoms with E-state index < -0.39 is 5.91 Å². The number of amides is 1. The average molecular weight is 422 g/mol. The van der Waals surface area contributed by atoms with Gasteiger partial charge in [-0.3, -0.25) is 4.79 Å². The number of benzene rings is 2. The molecule has 0 aliphatic carbocycles. The Balaban J connectivity index is 1.82. The monoisotopic (exact) mass is 420 g/mol. The van der Waals surface area contributed by atoms with Crippen LogP contribution in [0.1, 0.15) is 21.7 Å². The maximum absolute atomic E-state index is 12.6. The van der Waals surface area contributed by atoms with Crippen LogP contribution in [0.5, 0.6) is 0 Å². The van der Waals surface area contributed by atoms with Crippen LogP contribution in [0, 0.1) is 13.8 Å². The molecular formula is C19H15Cl3N4O. The molecule has 2 aromatic carbocycles. The first-order chi connectivity index (χ1) is 12.8. The quantitative estimate of drug-likeness (QED) is 0.503. The molecule has 0 fully saturated rings. The summed E-state index contributed by atoms with van der Waals surface area (Å²) in [6, 6.07) is 12.1. The van der Waals surface area contributed by atoms with Crippen LogP contribution in [-0.2, 0) is 0 Å². The molecule has 0 bridgehead atoms. The highest BCUT2D eigenvalue weighted by Gasteiger charge is 2.17. The fourth-order valence-corrected chi connectivity index (χ4v) is 3.21. The molecule has 0 aliphatic rings. The van der Waals surface area contributed by atoms with Crippen molar-refractivity contribution >= 4 is 58.0 Å². The van der Waals surface area contributed by atoms with E-state index in [1.54, 1.807) is 18.2 Å². The zero-order chi connectivity index (χ0) is 19.6. The Morgan fingerprint density at radius 3 is 2.22 bits per heavy atom. The summed E-state index contributed by atoms with van der Waals surface area (Å²) in [4.78, 5) is 21.3. The summed E-state index contributed by atoms with van der Waals surface area (Å²) in [5.41, 5.74) is 3.13. The first-order valence-electron chi connectivity index (χ1n) is 7.97. The lowest BCUT2D eigenvalue weighted by Crippen LogP contribution is -2.13. The largest absolute Gasteiger partial charge is 0.324 e. The number of carbonyl (C=O) groups is 1. The Bertz CT molecular complexity index is 1000. The van der Waals surface area contributed by atoms with Crippen molar-refractivity contribution in [2.75, 3.05) is 10.6 Å². The number of nitrogens with one attached hydrogen (secondary N) is 2. The van der Waals surface area contributed by atoms with Gasteiger partial charge in [-0.05, 0) is 50.2 Å². The molecule has 3 rings (SSSR count). The lowest BCUT2D eigenvalue weighted by molar-refractivity contribution is 0.102. The number of hydrogen-bond acceptors (Lipinski definition) is 4. The van der Waals surface area contributed by atoms with E-state index in [9.17, 15) is 4.79 Å². The molecule has 27 heavy (non-hydrogen) atoms. The molecule has 0 radical (unpaired) electrons.